The van der Waals surface area contributed by atoms with Crippen molar-refractivity contribution in [2.45, 2.75) is 32.2 Å². The first-order valence-electron chi connectivity index (χ1n) is 8.51. The molecule has 0 aliphatic carbocycles. The van der Waals surface area contributed by atoms with Crippen LogP contribution in [-0.4, -0.2) is 25.0 Å². The van der Waals surface area contributed by atoms with Gasteiger partial charge in [0.1, 0.15) is 5.92 Å². The van der Waals surface area contributed by atoms with Gasteiger partial charge in [0, 0.05) is 11.6 Å². The number of carbonyl (C=O) groups excluding carboxylic acids is 2. The number of hydrogen-bond donors (Lipinski definition) is 1. The molecule has 1 N–H and O–H groups in total. The molecule has 2 aromatic rings. The molecule has 0 aliphatic heterocycles. The third-order valence-corrected chi connectivity index (χ3v) is 4.09. The zero-order chi connectivity index (χ0) is 18.2. The molecule has 25 heavy (non-hydrogen) atoms. The molecule has 2 rings (SSSR count). The van der Waals surface area contributed by atoms with Crippen molar-refractivity contribution in [2.75, 3.05) is 7.11 Å². The molecule has 2 aromatic carbocycles. The van der Waals surface area contributed by atoms with E-state index in [0.29, 0.717) is 17.9 Å². The van der Waals surface area contributed by atoms with E-state index in [2.05, 4.69) is 19.2 Å². The summed E-state index contributed by atoms with van der Waals surface area (Å²) in [6, 6.07) is 18.1. The summed E-state index contributed by atoms with van der Waals surface area (Å²) in [5.74, 6) is -0.750. The second kappa shape index (κ2) is 9.02. The molecule has 0 bridgehead atoms. The van der Waals surface area contributed by atoms with E-state index < -0.39 is 5.92 Å². The van der Waals surface area contributed by atoms with E-state index in [0.717, 1.165) is 5.56 Å². The molecule has 0 aliphatic rings. The number of amides is 1. The largest absolute Gasteiger partial charge is 0.468 e. The third-order valence-electron chi connectivity index (χ3n) is 4.09. The predicted molar refractivity (Wildman–Crippen MR) is 98.4 cm³/mol. The van der Waals surface area contributed by atoms with E-state index in [4.69, 9.17) is 4.74 Å². The highest BCUT2D eigenvalue weighted by atomic mass is 16.5. The summed E-state index contributed by atoms with van der Waals surface area (Å²) in [4.78, 5) is 25.1. The molecule has 4 heteroatoms. The minimum Gasteiger partial charge on any atom is -0.468 e. The standard InChI is InChI=1S/C21H25NO3/c1-15(2)14-18(22-20(23)17-12-8-5-9-13-17)19(21(24)25-3)16-10-6-4-7-11-16/h4-13,15,18-19H,14H2,1-3H3,(H,22,23)/t18-,19+/m0/s1. The number of methoxy groups -OCH3 is 1. The van der Waals surface area contributed by atoms with Crippen LogP contribution >= 0.6 is 0 Å². The molecule has 0 unspecified atom stereocenters. The molecule has 0 heterocycles. The fourth-order valence-corrected chi connectivity index (χ4v) is 2.95. The minimum absolute atomic E-state index is 0.184. The molecule has 0 saturated carbocycles. The number of rotatable bonds is 7. The van der Waals surface area contributed by atoms with E-state index in [1.54, 1.807) is 12.1 Å². The SMILES string of the molecule is COC(=O)[C@H](c1ccccc1)[C@H](CC(C)C)NC(=O)c1ccccc1. The maximum Gasteiger partial charge on any atom is 0.315 e. The van der Waals surface area contributed by atoms with E-state index >= 15 is 0 Å². The molecular formula is C21H25NO3. The lowest BCUT2D eigenvalue weighted by molar-refractivity contribution is -0.143. The lowest BCUT2D eigenvalue weighted by Gasteiger charge is -2.28. The van der Waals surface area contributed by atoms with Gasteiger partial charge in [-0.3, -0.25) is 9.59 Å². The highest BCUT2D eigenvalue weighted by Crippen LogP contribution is 2.26. The number of ether oxygens (including phenoxy) is 1. The number of esters is 1. The molecule has 2 atom stereocenters. The van der Waals surface area contributed by atoms with Gasteiger partial charge in [0.05, 0.1) is 7.11 Å². The third kappa shape index (κ3) is 5.18. The van der Waals surface area contributed by atoms with Crippen LogP contribution in [0.3, 0.4) is 0 Å². The Kier molecular flexibility index (Phi) is 6.75. The zero-order valence-corrected chi connectivity index (χ0v) is 14.9. The Morgan fingerprint density at radius 3 is 2.04 bits per heavy atom. The average molecular weight is 339 g/mol. The van der Waals surface area contributed by atoms with Crippen LogP contribution in [0.2, 0.25) is 0 Å². The summed E-state index contributed by atoms with van der Waals surface area (Å²) < 4.78 is 5.03. The Morgan fingerprint density at radius 2 is 1.52 bits per heavy atom. The monoisotopic (exact) mass is 339 g/mol. The Labute approximate surface area is 149 Å². The van der Waals surface area contributed by atoms with Crippen molar-refractivity contribution in [1.29, 1.82) is 0 Å². The number of nitrogens with one attached hydrogen (secondary N) is 1. The molecule has 4 nitrogen and oxygen atoms in total. The number of benzene rings is 2. The van der Waals surface area contributed by atoms with Crippen LogP contribution in [0.4, 0.5) is 0 Å². The van der Waals surface area contributed by atoms with Gasteiger partial charge >= 0.3 is 5.97 Å². The highest BCUT2D eigenvalue weighted by Gasteiger charge is 2.32. The summed E-state index contributed by atoms with van der Waals surface area (Å²) in [5, 5.41) is 3.04. The van der Waals surface area contributed by atoms with Gasteiger partial charge < -0.3 is 10.1 Å². The topological polar surface area (TPSA) is 55.4 Å². The molecule has 1 amide bonds. The van der Waals surface area contributed by atoms with Crippen LogP contribution in [0.15, 0.2) is 60.7 Å². The molecule has 0 aromatic heterocycles. The van der Waals surface area contributed by atoms with Gasteiger partial charge in [-0.1, -0.05) is 62.4 Å². The fourth-order valence-electron chi connectivity index (χ4n) is 2.95. The van der Waals surface area contributed by atoms with Crippen molar-refractivity contribution >= 4 is 11.9 Å². The average Bonchev–Trinajstić information content (AvgIpc) is 2.62. The second-order valence-electron chi connectivity index (χ2n) is 6.49. The van der Waals surface area contributed by atoms with Gasteiger partial charge in [-0.25, -0.2) is 0 Å². The smallest absolute Gasteiger partial charge is 0.315 e. The van der Waals surface area contributed by atoms with E-state index in [1.165, 1.54) is 7.11 Å². The first-order chi connectivity index (χ1) is 12.0. The summed E-state index contributed by atoms with van der Waals surface area (Å²) >= 11 is 0. The summed E-state index contributed by atoms with van der Waals surface area (Å²) in [6.07, 6.45) is 0.674. The summed E-state index contributed by atoms with van der Waals surface area (Å²) in [5.41, 5.74) is 1.42. The lowest BCUT2D eigenvalue weighted by Crippen LogP contribution is -2.43. The molecule has 0 fully saturated rings. The highest BCUT2D eigenvalue weighted by molar-refractivity contribution is 5.95. The molecule has 0 radical (unpaired) electrons. The Balaban J connectivity index is 2.32. The second-order valence-corrected chi connectivity index (χ2v) is 6.49. The lowest BCUT2D eigenvalue weighted by atomic mass is 9.86. The van der Waals surface area contributed by atoms with Crippen molar-refractivity contribution in [3.8, 4) is 0 Å². The maximum atomic E-state index is 12.6. The van der Waals surface area contributed by atoms with E-state index in [1.807, 2.05) is 48.5 Å². The van der Waals surface area contributed by atoms with Gasteiger partial charge in [0.25, 0.3) is 5.91 Å². The molecule has 0 spiro atoms. The maximum absolute atomic E-state index is 12.6. The van der Waals surface area contributed by atoms with Crippen LogP contribution in [0.25, 0.3) is 0 Å². The van der Waals surface area contributed by atoms with Crippen LogP contribution in [0.1, 0.15) is 42.1 Å². The summed E-state index contributed by atoms with van der Waals surface area (Å²) in [7, 11) is 1.38. The van der Waals surface area contributed by atoms with Gasteiger partial charge in [-0.2, -0.15) is 0 Å². The van der Waals surface area contributed by atoms with Crippen molar-refractivity contribution < 1.29 is 14.3 Å². The molecule has 0 saturated heterocycles. The van der Waals surface area contributed by atoms with Crippen LogP contribution < -0.4 is 5.32 Å². The van der Waals surface area contributed by atoms with Gasteiger partial charge in [-0.15, -0.1) is 0 Å². The van der Waals surface area contributed by atoms with Gasteiger partial charge in [0.2, 0.25) is 0 Å². The van der Waals surface area contributed by atoms with Crippen molar-refractivity contribution in [1.82, 2.24) is 5.32 Å². The summed E-state index contributed by atoms with van der Waals surface area (Å²) in [6.45, 7) is 4.14. The Hall–Kier alpha value is -2.62. The van der Waals surface area contributed by atoms with Crippen LogP contribution in [0.5, 0.6) is 0 Å². The first-order valence-corrected chi connectivity index (χ1v) is 8.51. The molecular weight excluding hydrogens is 314 g/mol. The Morgan fingerprint density at radius 1 is 0.960 bits per heavy atom. The fraction of sp³-hybridized carbons (Fsp3) is 0.333. The van der Waals surface area contributed by atoms with Crippen LogP contribution in [0, 0.1) is 5.92 Å². The van der Waals surface area contributed by atoms with Gasteiger partial charge in [0.15, 0.2) is 0 Å². The minimum atomic E-state index is -0.540. The zero-order valence-electron chi connectivity index (χ0n) is 14.9. The number of carbonyl (C=O) groups is 2. The first kappa shape index (κ1) is 18.7. The Bertz CT molecular complexity index is 683. The van der Waals surface area contributed by atoms with Crippen molar-refractivity contribution in [3.05, 3.63) is 71.8 Å². The van der Waals surface area contributed by atoms with Crippen molar-refractivity contribution in [3.63, 3.8) is 0 Å². The van der Waals surface area contributed by atoms with Crippen molar-refractivity contribution in [2.24, 2.45) is 5.92 Å². The van der Waals surface area contributed by atoms with E-state index in [-0.39, 0.29) is 17.9 Å². The normalized spacial score (nSPS) is 13.1. The quantitative estimate of drug-likeness (QED) is 0.781. The van der Waals surface area contributed by atoms with Crippen LogP contribution in [-0.2, 0) is 9.53 Å². The number of hydrogen-bond acceptors (Lipinski definition) is 3. The molecule has 132 valence electrons. The van der Waals surface area contributed by atoms with Gasteiger partial charge in [-0.05, 0) is 30.0 Å². The van der Waals surface area contributed by atoms with E-state index in [9.17, 15) is 9.59 Å². The predicted octanol–water partition coefficient (Wildman–Crippen LogP) is 3.79.